The van der Waals surface area contributed by atoms with Crippen LogP contribution in [0.4, 0.5) is 10.5 Å². The van der Waals surface area contributed by atoms with Crippen LogP contribution in [0.15, 0.2) is 24.3 Å². The largest absolute Gasteiger partial charge is 0.481 e. The van der Waals surface area contributed by atoms with Crippen molar-refractivity contribution in [3.8, 4) is 0 Å². The minimum atomic E-state index is -0.897. The van der Waals surface area contributed by atoms with E-state index in [1.807, 2.05) is 0 Å². The first-order chi connectivity index (χ1) is 9.56. The maximum absolute atomic E-state index is 11.8. The van der Waals surface area contributed by atoms with Crippen LogP contribution in [0.2, 0.25) is 0 Å². The second kappa shape index (κ2) is 6.38. The van der Waals surface area contributed by atoms with Gasteiger partial charge in [-0.15, -0.1) is 0 Å². The number of carboxylic acids is 1. The fraction of sp³-hybridized carbons (Fsp3) is 0.429. The Bertz CT molecular complexity index is 498. The first-order valence-electron chi connectivity index (χ1n) is 6.48. The van der Waals surface area contributed by atoms with Crippen molar-refractivity contribution in [1.29, 1.82) is 0 Å². The lowest BCUT2D eigenvalue weighted by molar-refractivity contribution is -0.136. The Morgan fingerprint density at radius 1 is 1.40 bits per heavy atom. The molecule has 2 amide bonds. The van der Waals surface area contributed by atoms with Gasteiger partial charge in [-0.2, -0.15) is 0 Å². The molecule has 0 unspecified atom stereocenters. The van der Waals surface area contributed by atoms with Crippen molar-refractivity contribution in [2.45, 2.75) is 31.4 Å². The summed E-state index contributed by atoms with van der Waals surface area (Å²) in [7, 11) is 1.66. The summed E-state index contributed by atoms with van der Waals surface area (Å²) >= 11 is 0. The lowest BCUT2D eigenvalue weighted by atomic mass is 9.89. The van der Waals surface area contributed by atoms with Crippen LogP contribution in [-0.4, -0.2) is 36.4 Å². The number of hydrogen-bond donors (Lipinski definition) is 3. The average Bonchev–Trinajstić information content (AvgIpc) is 2.32. The Morgan fingerprint density at radius 2 is 2.15 bits per heavy atom. The van der Waals surface area contributed by atoms with E-state index in [-0.39, 0.29) is 24.6 Å². The van der Waals surface area contributed by atoms with E-state index in [9.17, 15) is 9.59 Å². The third-order valence-electron chi connectivity index (χ3n) is 3.30. The number of amides is 2. The van der Waals surface area contributed by atoms with Gasteiger partial charge in [0.05, 0.1) is 12.5 Å². The molecule has 6 nitrogen and oxygen atoms in total. The van der Waals surface area contributed by atoms with Crippen molar-refractivity contribution >= 4 is 17.7 Å². The summed E-state index contributed by atoms with van der Waals surface area (Å²) in [6.45, 7) is 0. The maximum atomic E-state index is 11.8. The van der Waals surface area contributed by atoms with Crippen molar-refractivity contribution in [1.82, 2.24) is 5.32 Å². The molecule has 6 heteroatoms. The SMILES string of the molecule is COC1CC(NC(=O)Nc2cccc(CC(=O)O)c2)C1. The predicted molar refractivity (Wildman–Crippen MR) is 73.8 cm³/mol. The van der Waals surface area contributed by atoms with Gasteiger partial charge < -0.3 is 20.5 Å². The van der Waals surface area contributed by atoms with Gasteiger partial charge in [0, 0.05) is 18.8 Å². The highest BCUT2D eigenvalue weighted by Crippen LogP contribution is 2.22. The zero-order chi connectivity index (χ0) is 14.5. The molecule has 0 atom stereocenters. The molecule has 1 fully saturated rings. The molecule has 3 N–H and O–H groups in total. The minimum absolute atomic E-state index is 0.0602. The van der Waals surface area contributed by atoms with Gasteiger partial charge in [0.1, 0.15) is 0 Å². The molecular weight excluding hydrogens is 260 g/mol. The summed E-state index contributed by atoms with van der Waals surface area (Å²) in [6, 6.07) is 6.68. The first kappa shape index (κ1) is 14.3. The summed E-state index contributed by atoms with van der Waals surface area (Å²) in [4.78, 5) is 22.4. The molecule has 1 aromatic carbocycles. The van der Waals surface area contributed by atoms with E-state index in [0.717, 1.165) is 12.8 Å². The standard InChI is InChI=1S/C14H18N2O4/c1-20-12-7-11(8-12)16-14(19)15-10-4-2-3-9(5-10)6-13(17)18/h2-5,11-12H,6-8H2,1H3,(H,17,18)(H2,15,16,19). The van der Waals surface area contributed by atoms with E-state index >= 15 is 0 Å². The second-order valence-corrected chi connectivity index (χ2v) is 4.90. The molecule has 1 aromatic rings. The van der Waals surface area contributed by atoms with Gasteiger partial charge in [-0.25, -0.2) is 4.79 Å². The molecular formula is C14H18N2O4. The number of carboxylic acid groups (broad SMARTS) is 1. The zero-order valence-electron chi connectivity index (χ0n) is 11.3. The second-order valence-electron chi connectivity index (χ2n) is 4.90. The number of rotatable bonds is 5. The van der Waals surface area contributed by atoms with E-state index in [2.05, 4.69) is 10.6 Å². The number of aliphatic carboxylic acids is 1. The van der Waals surface area contributed by atoms with Crippen molar-refractivity contribution in [2.24, 2.45) is 0 Å². The number of carbonyl (C=O) groups excluding carboxylic acids is 1. The highest BCUT2D eigenvalue weighted by molar-refractivity contribution is 5.89. The molecule has 0 radical (unpaired) electrons. The van der Waals surface area contributed by atoms with Crippen molar-refractivity contribution < 1.29 is 19.4 Å². The summed E-state index contributed by atoms with van der Waals surface area (Å²) in [5.74, 6) is -0.897. The van der Waals surface area contributed by atoms with Gasteiger partial charge in [-0.05, 0) is 30.5 Å². The third kappa shape index (κ3) is 3.96. The Balaban J connectivity index is 1.83. The number of nitrogens with one attached hydrogen (secondary N) is 2. The Hall–Kier alpha value is -2.08. The number of carbonyl (C=O) groups is 2. The Morgan fingerprint density at radius 3 is 2.80 bits per heavy atom. The van der Waals surface area contributed by atoms with Crippen LogP contribution >= 0.6 is 0 Å². The van der Waals surface area contributed by atoms with Gasteiger partial charge >= 0.3 is 12.0 Å². The number of ether oxygens (including phenoxy) is 1. The Labute approximate surface area is 117 Å². The third-order valence-corrected chi connectivity index (χ3v) is 3.30. The van der Waals surface area contributed by atoms with E-state index < -0.39 is 5.97 Å². The van der Waals surface area contributed by atoms with Crippen molar-refractivity contribution in [2.75, 3.05) is 12.4 Å². The summed E-state index contributed by atoms with van der Waals surface area (Å²) in [6.07, 6.45) is 1.82. The molecule has 1 aliphatic carbocycles. The fourth-order valence-corrected chi connectivity index (χ4v) is 2.16. The van der Waals surface area contributed by atoms with Gasteiger partial charge in [-0.1, -0.05) is 12.1 Å². The topological polar surface area (TPSA) is 87.7 Å². The van der Waals surface area contributed by atoms with E-state index in [4.69, 9.17) is 9.84 Å². The van der Waals surface area contributed by atoms with Crippen LogP contribution in [0.25, 0.3) is 0 Å². The molecule has 0 saturated heterocycles. The number of methoxy groups -OCH3 is 1. The highest BCUT2D eigenvalue weighted by atomic mass is 16.5. The molecule has 108 valence electrons. The van der Waals surface area contributed by atoms with E-state index in [1.54, 1.807) is 31.4 Å². The van der Waals surface area contributed by atoms with E-state index in [1.165, 1.54) is 0 Å². The monoisotopic (exact) mass is 278 g/mol. The first-order valence-corrected chi connectivity index (χ1v) is 6.48. The smallest absolute Gasteiger partial charge is 0.319 e. The number of urea groups is 1. The van der Waals surface area contributed by atoms with Crippen LogP contribution in [0.5, 0.6) is 0 Å². The van der Waals surface area contributed by atoms with Crippen LogP contribution in [0.1, 0.15) is 18.4 Å². The van der Waals surface area contributed by atoms with Gasteiger partial charge in [0.15, 0.2) is 0 Å². The maximum Gasteiger partial charge on any atom is 0.319 e. The molecule has 1 aliphatic rings. The summed E-state index contributed by atoms with van der Waals surface area (Å²) in [5.41, 5.74) is 1.24. The van der Waals surface area contributed by atoms with Gasteiger partial charge in [0.2, 0.25) is 0 Å². The minimum Gasteiger partial charge on any atom is -0.481 e. The molecule has 0 aromatic heterocycles. The quantitative estimate of drug-likeness (QED) is 0.763. The normalized spacial score (nSPS) is 20.9. The average molecular weight is 278 g/mol. The van der Waals surface area contributed by atoms with Crippen LogP contribution in [0.3, 0.4) is 0 Å². The fourth-order valence-electron chi connectivity index (χ4n) is 2.16. The van der Waals surface area contributed by atoms with Crippen LogP contribution < -0.4 is 10.6 Å². The van der Waals surface area contributed by atoms with Gasteiger partial charge in [-0.3, -0.25) is 4.79 Å². The molecule has 1 saturated carbocycles. The van der Waals surface area contributed by atoms with Crippen LogP contribution in [0, 0.1) is 0 Å². The summed E-state index contributed by atoms with van der Waals surface area (Å²) < 4.78 is 5.14. The molecule has 0 spiro atoms. The van der Waals surface area contributed by atoms with Crippen LogP contribution in [-0.2, 0) is 16.0 Å². The number of benzene rings is 1. The van der Waals surface area contributed by atoms with E-state index in [0.29, 0.717) is 11.3 Å². The van der Waals surface area contributed by atoms with Crippen molar-refractivity contribution in [3.05, 3.63) is 29.8 Å². The molecule has 20 heavy (non-hydrogen) atoms. The van der Waals surface area contributed by atoms with Gasteiger partial charge in [0.25, 0.3) is 0 Å². The molecule has 0 heterocycles. The molecule has 0 aliphatic heterocycles. The lowest BCUT2D eigenvalue weighted by Gasteiger charge is -2.34. The van der Waals surface area contributed by atoms with Crippen molar-refractivity contribution in [3.63, 3.8) is 0 Å². The summed E-state index contributed by atoms with van der Waals surface area (Å²) in [5, 5.41) is 14.3. The zero-order valence-corrected chi connectivity index (χ0v) is 11.3. The highest BCUT2D eigenvalue weighted by Gasteiger charge is 2.30. The lowest BCUT2D eigenvalue weighted by Crippen LogP contribution is -2.48. The predicted octanol–water partition coefficient (Wildman–Crippen LogP) is 1.61. The Kier molecular flexibility index (Phi) is 4.57. The molecule has 2 rings (SSSR count). The number of hydrogen-bond acceptors (Lipinski definition) is 3. The number of anilines is 1. The molecule has 0 bridgehead atoms.